The first-order valence-corrected chi connectivity index (χ1v) is 8.73. The van der Waals surface area contributed by atoms with Gasteiger partial charge in [-0.3, -0.25) is 4.79 Å². The van der Waals surface area contributed by atoms with Crippen LogP contribution in [0.2, 0.25) is 5.02 Å². The molecule has 0 aromatic carbocycles. The minimum absolute atomic E-state index is 0.0197. The molecule has 8 heteroatoms. The van der Waals surface area contributed by atoms with Gasteiger partial charge in [-0.15, -0.1) is 0 Å². The van der Waals surface area contributed by atoms with Crippen LogP contribution < -0.4 is 10.6 Å². The van der Waals surface area contributed by atoms with Crippen LogP contribution in [0.5, 0.6) is 0 Å². The first-order chi connectivity index (χ1) is 9.58. The van der Waals surface area contributed by atoms with Gasteiger partial charge in [0, 0.05) is 19.3 Å². The van der Waals surface area contributed by atoms with E-state index in [-0.39, 0.29) is 17.3 Å². The van der Waals surface area contributed by atoms with E-state index >= 15 is 0 Å². The van der Waals surface area contributed by atoms with Crippen molar-refractivity contribution in [3.63, 3.8) is 0 Å². The van der Waals surface area contributed by atoms with Gasteiger partial charge in [0.15, 0.2) is 9.84 Å². The number of carbonyl (C=O) groups is 1. The van der Waals surface area contributed by atoms with Gasteiger partial charge in [0.2, 0.25) is 0 Å². The van der Waals surface area contributed by atoms with Crippen molar-refractivity contribution in [2.45, 2.75) is 25.5 Å². The summed E-state index contributed by atoms with van der Waals surface area (Å²) in [4.78, 5) is 16.2. The van der Waals surface area contributed by atoms with Crippen molar-refractivity contribution < 1.29 is 13.2 Å². The van der Waals surface area contributed by atoms with Gasteiger partial charge in [-0.2, -0.15) is 0 Å². The molecule has 1 heterocycles. The van der Waals surface area contributed by atoms with Gasteiger partial charge in [0.25, 0.3) is 5.91 Å². The lowest BCUT2D eigenvalue weighted by Crippen LogP contribution is -2.44. The molecule has 1 amide bonds. The van der Waals surface area contributed by atoms with Crippen molar-refractivity contribution in [3.8, 4) is 0 Å². The molecule has 21 heavy (non-hydrogen) atoms. The second-order valence-electron chi connectivity index (χ2n) is 5.27. The third-order valence-electron chi connectivity index (χ3n) is 3.10. The number of carbonyl (C=O) groups excluding carboxylic acids is 1. The van der Waals surface area contributed by atoms with Crippen LogP contribution >= 0.6 is 11.6 Å². The molecule has 0 unspecified atom stereocenters. The van der Waals surface area contributed by atoms with Crippen molar-refractivity contribution in [2.75, 3.05) is 24.7 Å². The van der Waals surface area contributed by atoms with E-state index in [1.807, 2.05) is 6.92 Å². The van der Waals surface area contributed by atoms with Crippen molar-refractivity contribution >= 4 is 33.2 Å². The minimum atomic E-state index is -3.29. The maximum atomic E-state index is 12.1. The summed E-state index contributed by atoms with van der Waals surface area (Å²) in [6.07, 6.45) is 1.14. The van der Waals surface area contributed by atoms with Gasteiger partial charge in [0.1, 0.15) is 11.5 Å². The van der Waals surface area contributed by atoms with Crippen molar-refractivity contribution in [1.29, 1.82) is 0 Å². The molecule has 0 saturated carbocycles. The predicted molar refractivity (Wildman–Crippen MR) is 84.7 cm³/mol. The van der Waals surface area contributed by atoms with E-state index in [0.29, 0.717) is 12.4 Å². The topological polar surface area (TPSA) is 88.2 Å². The summed E-state index contributed by atoms with van der Waals surface area (Å²) in [6, 6.07) is 3.24. The molecule has 1 aromatic heterocycles. The Balaban J connectivity index is 2.88. The Morgan fingerprint density at radius 1 is 1.38 bits per heavy atom. The molecular formula is C13H20ClN3O3S. The highest BCUT2D eigenvalue weighted by atomic mass is 35.5. The van der Waals surface area contributed by atoms with E-state index in [1.165, 1.54) is 0 Å². The van der Waals surface area contributed by atoms with E-state index in [2.05, 4.69) is 15.6 Å². The highest BCUT2D eigenvalue weighted by Gasteiger charge is 2.31. The molecular weight excluding hydrogens is 314 g/mol. The van der Waals surface area contributed by atoms with E-state index in [9.17, 15) is 13.2 Å². The molecule has 0 aliphatic rings. The quantitative estimate of drug-likeness (QED) is 0.827. The first-order valence-electron chi connectivity index (χ1n) is 6.46. The molecule has 118 valence electrons. The second-order valence-corrected chi connectivity index (χ2v) is 8.33. The van der Waals surface area contributed by atoms with Crippen LogP contribution in [-0.2, 0) is 9.84 Å². The number of anilines is 1. The normalized spacial score (nSPS) is 12.0. The average molecular weight is 334 g/mol. The molecule has 0 atom stereocenters. The molecule has 6 nitrogen and oxygen atoms in total. The third-order valence-corrected chi connectivity index (χ3v) is 5.55. The van der Waals surface area contributed by atoms with Crippen LogP contribution in [0.4, 0.5) is 5.82 Å². The fourth-order valence-electron chi connectivity index (χ4n) is 1.39. The number of sulfone groups is 1. The number of halogens is 1. The van der Waals surface area contributed by atoms with Gasteiger partial charge in [-0.05, 0) is 32.9 Å². The predicted octanol–water partition coefficient (Wildman–Crippen LogP) is 1.72. The summed E-state index contributed by atoms with van der Waals surface area (Å²) in [5.74, 6) is 0.0332. The van der Waals surface area contributed by atoms with Gasteiger partial charge in [-0.1, -0.05) is 11.6 Å². The Kier molecular flexibility index (Phi) is 5.58. The zero-order valence-electron chi connectivity index (χ0n) is 12.5. The largest absolute Gasteiger partial charge is 0.370 e. The van der Waals surface area contributed by atoms with Crippen LogP contribution in [0, 0.1) is 0 Å². The fraction of sp³-hybridized carbons (Fsp3) is 0.538. The molecule has 0 aliphatic heterocycles. The van der Waals surface area contributed by atoms with Crippen LogP contribution in [0.1, 0.15) is 31.3 Å². The van der Waals surface area contributed by atoms with Gasteiger partial charge < -0.3 is 10.6 Å². The SMILES string of the molecule is CCNc1ccc(Cl)c(C(=O)NCC(C)(C)S(C)(=O)=O)n1. The number of amides is 1. The highest BCUT2D eigenvalue weighted by Crippen LogP contribution is 2.18. The summed E-state index contributed by atoms with van der Waals surface area (Å²) in [5.41, 5.74) is 0.0689. The Bertz CT molecular complexity index is 630. The average Bonchev–Trinajstić information content (AvgIpc) is 2.37. The lowest BCUT2D eigenvalue weighted by atomic mass is 10.2. The lowest BCUT2D eigenvalue weighted by molar-refractivity contribution is 0.0946. The number of aromatic nitrogens is 1. The summed E-state index contributed by atoms with van der Waals surface area (Å²) >= 11 is 5.96. The number of rotatable bonds is 6. The fourth-order valence-corrected chi connectivity index (χ4v) is 1.91. The Morgan fingerprint density at radius 2 is 2.00 bits per heavy atom. The third kappa shape index (κ3) is 4.57. The Hall–Kier alpha value is -1.34. The monoisotopic (exact) mass is 333 g/mol. The number of nitrogens with one attached hydrogen (secondary N) is 2. The summed E-state index contributed by atoms with van der Waals surface area (Å²) < 4.78 is 22.1. The van der Waals surface area contributed by atoms with Crippen molar-refractivity contribution in [3.05, 3.63) is 22.8 Å². The molecule has 0 spiro atoms. The number of hydrogen-bond donors (Lipinski definition) is 2. The summed E-state index contributed by atoms with van der Waals surface area (Å²) in [7, 11) is -3.29. The molecule has 2 N–H and O–H groups in total. The van der Waals surface area contributed by atoms with Crippen LogP contribution in [0.3, 0.4) is 0 Å². The van der Waals surface area contributed by atoms with E-state index in [4.69, 9.17) is 11.6 Å². The number of nitrogens with zero attached hydrogens (tertiary/aromatic N) is 1. The molecule has 0 saturated heterocycles. The Morgan fingerprint density at radius 3 is 2.52 bits per heavy atom. The second kappa shape index (κ2) is 6.62. The first kappa shape index (κ1) is 17.7. The lowest BCUT2D eigenvalue weighted by Gasteiger charge is -2.22. The molecule has 0 aliphatic carbocycles. The van der Waals surface area contributed by atoms with E-state index < -0.39 is 20.5 Å². The highest BCUT2D eigenvalue weighted by molar-refractivity contribution is 7.92. The smallest absolute Gasteiger partial charge is 0.271 e. The Labute approximate surface area is 130 Å². The van der Waals surface area contributed by atoms with Crippen molar-refractivity contribution in [2.24, 2.45) is 0 Å². The maximum Gasteiger partial charge on any atom is 0.271 e. The number of hydrogen-bond acceptors (Lipinski definition) is 5. The van der Waals surface area contributed by atoms with Crippen molar-refractivity contribution in [1.82, 2.24) is 10.3 Å². The van der Waals surface area contributed by atoms with E-state index in [1.54, 1.807) is 26.0 Å². The van der Waals surface area contributed by atoms with E-state index in [0.717, 1.165) is 6.26 Å². The minimum Gasteiger partial charge on any atom is -0.370 e. The standard InChI is InChI=1S/C13H20ClN3O3S/c1-5-15-10-7-6-9(14)11(17-10)12(18)16-8-13(2,3)21(4,19)20/h6-7H,5,8H2,1-4H3,(H,15,17)(H,16,18). The number of pyridine rings is 1. The summed E-state index contributed by atoms with van der Waals surface area (Å²) in [5, 5.41) is 5.76. The molecule has 1 aromatic rings. The van der Waals surface area contributed by atoms with Gasteiger partial charge in [0.05, 0.1) is 9.77 Å². The molecule has 0 fully saturated rings. The van der Waals surface area contributed by atoms with Gasteiger partial charge in [-0.25, -0.2) is 13.4 Å². The molecule has 0 bridgehead atoms. The van der Waals surface area contributed by atoms with Gasteiger partial charge >= 0.3 is 0 Å². The van der Waals surface area contributed by atoms with Crippen LogP contribution in [-0.4, -0.2) is 43.4 Å². The molecule has 1 rings (SSSR count). The van der Waals surface area contributed by atoms with Crippen LogP contribution in [0.15, 0.2) is 12.1 Å². The summed E-state index contributed by atoms with van der Waals surface area (Å²) in [6.45, 7) is 5.65. The molecule has 0 radical (unpaired) electrons. The van der Waals surface area contributed by atoms with Crippen LogP contribution in [0.25, 0.3) is 0 Å². The maximum absolute atomic E-state index is 12.1. The zero-order valence-corrected chi connectivity index (χ0v) is 14.1. The zero-order chi connectivity index (χ0) is 16.3.